The molecule has 2 amide bonds. The lowest BCUT2D eigenvalue weighted by Crippen LogP contribution is -2.48. The number of nitrogens with one attached hydrogen (secondary N) is 1. The molecular weight excluding hydrogens is 444 g/mol. The molecule has 0 aromatic heterocycles. The van der Waals surface area contributed by atoms with Crippen LogP contribution in [0.2, 0.25) is 5.02 Å². The van der Waals surface area contributed by atoms with Gasteiger partial charge in [0.2, 0.25) is 5.91 Å². The van der Waals surface area contributed by atoms with Gasteiger partial charge in [0.25, 0.3) is 5.91 Å². The van der Waals surface area contributed by atoms with Gasteiger partial charge in [-0.2, -0.15) is 0 Å². The van der Waals surface area contributed by atoms with E-state index in [0.29, 0.717) is 10.8 Å². The molecule has 2 aromatic rings. The number of hydrogen-bond donors (Lipinski definition) is 1. The van der Waals surface area contributed by atoms with E-state index in [4.69, 9.17) is 16.3 Å². The van der Waals surface area contributed by atoms with Crippen molar-refractivity contribution in [3.05, 3.63) is 62.6 Å². The molecule has 1 unspecified atom stereocenters. The molecule has 0 radical (unpaired) electrons. The maximum Gasteiger partial charge on any atom is 0.261 e. The molecule has 2 rings (SSSR count). The molecule has 7 heteroatoms. The number of halogens is 2. The second kappa shape index (κ2) is 9.94. The van der Waals surface area contributed by atoms with E-state index >= 15 is 0 Å². The minimum absolute atomic E-state index is 0.157. The Kier molecular flexibility index (Phi) is 7.89. The second-order valence-electron chi connectivity index (χ2n) is 6.60. The lowest BCUT2D eigenvalue weighted by atomic mass is 10.1. The number of carbonyl (C=O) groups excluding carboxylic acids is 2. The average Bonchev–Trinajstić information content (AvgIpc) is 2.68. The van der Waals surface area contributed by atoms with Gasteiger partial charge in [-0.15, -0.1) is 0 Å². The van der Waals surface area contributed by atoms with Crippen molar-refractivity contribution in [2.24, 2.45) is 0 Å². The normalized spacial score (nSPS) is 11.6. The Hall–Kier alpha value is -2.05. The molecule has 0 heterocycles. The summed E-state index contributed by atoms with van der Waals surface area (Å²) in [6, 6.07) is 10.3. The van der Waals surface area contributed by atoms with Crippen LogP contribution in [-0.4, -0.2) is 36.4 Å². The molecule has 0 saturated carbocycles. The average molecular weight is 468 g/mol. The summed E-state index contributed by atoms with van der Waals surface area (Å²) in [4.78, 5) is 26.5. The summed E-state index contributed by atoms with van der Waals surface area (Å²) in [6.07, 6.45) is 0. The highest BCUT2D eigenvalue weighted by Crippen LogP contribution is 2.26. The molecule has 0 bridgehead atoms. The fraction of sp³-hybridized carbons (Fsp3) is 0.333. The van der Waals surface area contributed by atoms with Gasteiger partial charge in [-0.1, -0.05) is 39.7 Å². The second-order valence-corrected chi connectivity index (χ2v) is 7.83. The standard InChI is InChI=1S/C21H24BrClN2O3/c1-13-9-18(10-14(2)20(13)22)28-12-19(26)25(15(3)21(27)24-4)11-16-5-7-17(23)8-6-16/h5-10,15H,11-12H2,1-4H3,(H,24,27). The van der Waals surface area contributed by atoms with Gasteiger partial charge in [-0.25, -0.2) is 0 Å². The van der Waals surface area contributed by atoms with Crippen molar-refractivity contribution >= 4 is 39.3 Å². The fourth-order valence-electron chi connectivity index (χ4n) is 2.80. The highest BCUT2D eigenvalue weighted by atomic mass is 79.9. The van der Waals surface area contributed by atoms with Crippen LogP contribution < -0.4 is 10.1 Å². The van der Waals surface area contributed by atoms with Gasteiger partial charge in [0.1, 0.15) is 11.8 Å². The van der Waals surface area contributed by atoms with E-state index in [1.165, 1.54) is 4.90 Å². The van der Waals surface area contributed by atoms with Crippen molar-refractivity contribution in [2.45, 2.75) is 33.4 Å². The highest BCUT2D eigenvalue weighted by molar-refractivity contribution is 9.10. The third kappa shape index (κ3) is 5.72. The van der Waals surface area contributed by atoms with Gasteiger partial charge in [-0.05, 0) is 61.7 Å². The molecule has 5 nitrogen and oxygen atoms in total. The van der Waals surface area contributed by atoms with Crippen LogP contribution in [0.15, 0.2) is 40.9 Å². The van der Waals surface area contributed by atoms with Gasteiger partial charge < -0.3 is 15.0 Å². The third-order valence-electron chi connectivity index (χ3n) is 4.45. The summed E-state index contributed by atoms with van der Waals surface area (Å²) in [5, 5.41) is 3.21. The molecule has 150 valence electrons. The minimum atomic E-state index is -0.634. The van der Waals surface area contributed by atoms with Crippen molar-refractivity contribution in [3.63, 3.8) is 0 Å². The molecule has 0 aliphatic carbocycles. The maximum absolute atomic E-state index is 12.9. The molecule has 1 atom stereocenters. The van der Waals surface area contributed by atoms with Crippen LogP contribution in [-0.2, 0) is 16.1 Å². The number of rotatable bonds is 7. The van der Waals surface area contributed by atoms with Crippen molar-refractivity contribution in [1.82, 2.24) is 10.2 Å². The van der Waals surface area contributed by atoms with E-state index in [1.54, 1.807) is 26.1 Å². The monoisotopic (exact) mass is 466 g/mol. The first-order valence-electron chi connectivity index (χ1n) is 8.88. The summed E-state index contributed by atoms with van der Waals surface area (Å²) in [5.74, 6) is 0.104. The van der Waals surface area contributed by atoms with Crippen LogP contribution in [0.3, 0.4) is 0 Å². The van der Waals surface area contributed by atoms with Crippen molar-refractivity contribution < 1.29 is 14.3 Å². The summed E-state index contributed by atoms with van der Waals surface area (Å²) in [7, 11) is 1.55. The molecule has 0 aliphatic heterocycles. The SMILES string of the molecule is CNC(=O)C(C)N(Cc1ccc(Cl)cc1)C(=O)COc1cc(C)c(Br)c(C)c1. The zero-order chi connectivity index (χ0) is 20.8. The molecule has 0 spiro atoms. The smallest absolute Gasteiger partial charge is 0.261 e. The lowest BCUT2D eigenvalue weighted by Gasteiger charge is -2.28. The van der Waals surface area contributed by atoms with Crippen LogP contribution in [0.25, 0.3) is 0 Å². The number of amides is 2. The summed E-state index contributed by atoms with van der Waals surface area (Å²) in [5.41, 5.74) is 2.93. The lowest BCUT2D eigenvalue weighted by molar-refractivity contribution is -0.142. The molecule has 0 aliphatic rings. The van der Waals surface area contributed by atoms with E-state index in [9.17, 15) is 9.59 Å². The Labute approximate surface area is 179 Å². The van der Waals surface area contributed by atoms with E-state index < -0.39 is 6.04 Å². The Balaban J connectivity index is 2.16. The number of aryl methyl sites for hydroxylation is 2. The van der Waals surface area contributed by atoms with Crippen LogP contribution in [0.4, 0.5) is 0 Å². The Morgan fingerprint density at radius 1 is 1.18 bits per heavy atom. The van der Waals surface area contributed by atoms with Crippen LogP contribution in [0.1, 0.15) is 23.6 Å². The van der Waals surface area contributed by atoms with Crippen LogP contribution >= 0.6 is 27.5 Å². The predicted molar refractivity (Wildman–Crippen MR) is 115 cm³/mol. The minimum Gasteiger partial charge on any atom is -0.484 e. The first-order chi connectivity index (χ1) is 13.2. The molecule has 1 N–H and O–H groups in total. The summed E-state index contributed by atoms with van der Waals surface area (Å²) >= 11 is 9.45. The number of carbonyl (C=O) groups is 2. The van der Waals surface area contributed by atoms with Gasteiger partial charge in [-0.3, -0.25) is 9.59 Å². The van der Waals surface area contributed by atoms with Gasteiger partial charge >= 0.3 is 0 Å². The van der Waals surface area contributed by atoms with Crippen LogP contribution in [0, 0.1) is 13.8 Å². The number of nitrogens with zero attached hydrogens (tertiary/aromatic N) is 1. The van der Waals surface area contributed by atoms with Crippen molar-refractivity contribution in [1.29, 1.82) is 0 Å². The molecule has 0 saturated heterocycles. The number of benzene rings is 2. The highest BCUT2D eigenvalue weighted by Gasteiger charge is 2.26. The largest absolute Gasteiger partial charge is 0.484 e. The molecule has 28 heavy (non-hydrogen) atoms. The zero-order valence-corrected chi connectivity index (χ0v) is 18.7. The van der Waals surface area contributed by atoms with E-state index in [2.05, 4.69) is 21.2 Å². The zero-order valence-electron chi connectivity index (χ0n) is 16.4. The van der Waals surface area contributed by atoms with Crippen LogP contribution in [0.5, 0.6) is 5.75 Å². The number of ether oxygens (including phenoxy) is 1. The molecule has 2 aromatic carbocycles. The first-order valence-corrected chi connectivity index (χ1v) is 10.0. The first kappa shape index (κ1) is 22.2. The van der Waals surface area contributed by atoms with Crippen molar-refractivity contribution in [2.75, 3.05) is 13.7 Å². The van der Waals surface area contributed by atoms with E-state index in [1.807, 2.05) is 38.1 Å². The molecular formula is C21H24BrClN2O3. The Bertz CT molecular complexity index is 832. The van der Waals surface area contributed by atoms with E-state index in [0.717, 1.165) is 21.2 Å². The van der Waals surface area contributed by atoms with Gasteiger partial charge in [0.15, 0.2) is 6.61 Å². The Morgan fingerprint density at radius 2 is 1.75 bits per heavy atom. The van der Waals surface area contributed by atoms with E-state index in [-0.39, 0.29) is 25.0 Å². The van der Waals surface area contributed by atoms with Crippen molar-refractivity contribution in [3.8, 4) is 5.75 Å². The predicted octanol–water partition coefficient (Wildman–Crippen LogP) is 4.26. The fourth-order valence-corrected chi connectivity index (χ4v) is 3.15. The number of hydrogen-bond acceptors (Lipinski definition) is 3. The quantitative estimate of drug-likeness (QED) is 0.662. The van der Waals surface area contributed by atoms with Gasteiger partial charge in [0.05, 0.1) is 0 Å². The maximum atomic E-state index is 12.9. The topological polar surface area (TPSA) is 58.6 Å². The van der Waals surface area contributed by atoms with Gasteiger partial charge in [0, 0.05) is 23.1 Å². The summed E-state index contributed by atoms with van der Waals surface area (Å²) < 4.78 is 6.74. The summed E-state index contributed by atoms with van der Waals surface area (Å²) in [6.45, 7) is 5.75. The molecule has 0 fully saturated rings. The number of likely N-dealkylation sites (N-methyl/N-ethyl adjacent to an activating group) is 1. The Morgan fingerprint density at radius 3 is 2.29 bits per heavy atom. The third-order valence-corrected chi connectivity index (χ3v) is 5.95.